The maximum atomic E-state index is 12.1. The molecule has 3 N–H and O–H groups in total. The number of amides is 1. The number of aryl methyl sites for hydroxylation is 1. The van der Waals surface area contributed by atoms with Gasteiger partial charge in [-0.15, -0.1) is 11.3 Å². The number of hydrogen-bond donors (Lipinski definition) is 3. The van der Waals surface area contributed by atoms with Gasteiger partial charge in [-0.2, -0.15) is 0 Å². The molecule has 0 aliphatic heterocycles. The Balaban J connectivity index is 1.76. The van der Waals surface area contributed by atoms with E-state index in [-0.39, 0.29) is 24.9 Å². The second kappa shape index (κ2) is 8.37. The van der Waals surface area contributed by atoms with Crippen molar-refractivity contribution in [2.45, 2.75) is 37.4 Å². The van der Waals surface area contributed by atoms with Gasteiger partial charge in [0.05, 0.1) is 27.2 Å². The highest BCUT2D eigenvalue weighted by Crippen LogP contribution is 2.44. The average molecular weight is 447 g/mol. The fraction of sp³-hybridized carbons (Fsp3) is 0.429. The van der Waals surface area contributed by atoms with Crippen molar-refractivity contribution >= 4 is 37.3 Å². The fourth-order valence-electron chi connectivity index (χ4n) is 2.83. The third kappa shape index (κ3) is 4.66. The molecule has 1 aromatic carbocycles. The zero-order valence-electron chi connectivity index (χ0n) is 16.7. The minimum absolute atomic E-state index is 0.00704. The summed E-state index contributed by atoms with van der Waals surface area (Å²) in [4.78, 5) is 16.4. The van der Waals surface area contributed by atoms with Crippen LogP contribution >= 0.6 is 11.3 Å². The Bertz CT molecular complexity index is 1210. The fourth-order valence-corrected chi connectivity index (χ4v) is 4.69. The maximum absolute atomic E-state index is 12.1. The molecule has 3 rings (SSSR count). The molecule has 1 fully saturated rings. The van der Waals surface area contributed by atoms with Crippen LogP contribution in [0.5, 0.6) is 0 Å². The van der Waals surface area contributed by atoms with Crippen LogP contribution in [0.1, 0.15) is 36.8 Å². The number of rotatable bonds is 6. The molecule has 1 aromatic heterocycles. The van der Waals surface area contributed by atoms with Gasteiger partial charge in [-0.1, -0.05) is 11.8 Å². The van der Waals surface area contributed by atoms with E-state index in [2.05, 4.69) is 28.7 Å². The zero-order valence-corrected chi connectivity index (χ0v) is 18.3. The molecule has 0 spiro atoms. The molecule has 1 amide bonds. The molecule has 1 saturated carbocycles. The van der Waals surface area contributed by atoms with E-state index in [9.17, 15) is 18.3 Å². The highest BCUT2D eigenvalue weighted by molar-refractivity contribution is 7.92. The normalized spacial score (nSPS) is 16.5. The number of sulfone groups is 1. The van der Waals surface area contributed by atoms with E-state index >= 15 is 0 Å². The first-order valence-electron chi connectivity index (χ1n) is 9.30. The summed E-state index contributed by atoms with van der Waals surface area (Å²) in [6.45, 7) is 1.36. The first-order chi connectivity index (χ1) is 14.1. The van der Waals surface area contributed by atoms with Gasteiger partial charge < -0.3 is 5.11 Å². The molecule has 158 valence electrons. The molecular formula is C21H22N2O5S2. The third-order valence-corrected chi connectivity index (χ3v) is 8.51. The molecule has 1 aliphatic rings. The molecule has 1 heterocycles. The largest absolute Gasteiger partial charge is 0.395 e. The summed E-state index contributed by atoms with van der Waals surface area (Å²) in [5, 5.41) is 18.9. The van der Waals surface area contributed by atoms with Crippen LogP contribution in [-0.4, -0.2) is 47.2 Å². The van der Waals surface area contributed by atoms with Gasteiger partial charge in [-0.05, 0) is 56.2 Å². The molecule has 1 atom stereocenters. The van der Waals surface area contributed by atoms with Crippen LogP contribution in [0, 0.1) is 29.1 Å². The highest BCUT2D eigenvalue weighted by Gasteiger charge is 2.43. The number of nitrogens with one attached hydrogen (secondary N) is 1. The molecule has 0 radical (unpaired) electrons. The highest BCUT2D eigenvalue weighted by atomic mass is 32.2. The van der Waals surface area contributed by atoms with Crippen molar-refractivity contribution < 1.29 is 23.5 Å². The molecule has 2 aromatic rings. The van der Waals surface area contributed by atoms with Crippen LogP contribution in [0.15, 0.2) is 18.2 Å². The second-order valence-electron chi connectivity index (χ2n) is 7.67. The number of hydroxylamine groups is 1. The van der Waals surface area contributed by atoms with E-state index in [4.69, 9.17) is 5.21 Å². The lowest BCUT2D eigenvalue weighted by Crippen LogP contribution is -2.49. The lowest BCUT2D eigenvalue weighted by molar-refractivity contribution is -0.131. The Morgan fingerprint density at radius 1 is 1.37 bits per heavy atom. The molecule has 30 heavy (non-hydrogen) atoms. The number of fused-ring (bicyclic) bond motifs is 1. The number of aromatic nitrogens is 1. The summed E-state index contributed by atoms with van der Waals surface area (Å²) >= 11 is 1.40. The predicted molar refractivity (Wildman–Crippen MR) is 115 cm³/mol. The molecule has 1 unspecified atom stereocenters. The number of hydrogen-bond acceptors (Lipinski definition) is 7. The summed E-state index contributed by atoms with van der Waals surface area (Å²) in [5.74, 6) is 10.6. The number of aliphatic hydroxyl groups is 1. The lowest BCUT2D eigenvalue weighted by Gasteiger charge is -2.24. The Morgan fingerprint density at radius 3 is 2.70 bits per heavy atom. The van der Waals surface area contributed by atoms with Crippen LogP contribution in [0.2, 0.25) is 0 Å². The summed E-state index contributed by atoms with van der Waals surface area (Å²) in [7, 11) is -3.75. The topological polar surface area (TPSA) is 117 Å². The van der Waals surface area contributed by atoms with Crippen molar-refractivity contribution in [3.63, 3.8) is 0 Å². The quantitative estimate of drug-likeness (QED) is 0.353. The lowest BCUT2D eigenvalue weighted by atomic mass is 10.0. The van der Waals surface area contributed by atoms with Crippen LogP contribution in [0.3, 0.4) is 0 Å². The summed E-state index contributed by atoms with van der Waals surface area (Å²) in [6, 6.07) is 5.55. The maximum Gasteiger partial charge on any atom is 0.264 e. The van der Waals surface area contributed by atoms with Crippen molar-refractivity contribution in [3.05, 3.63) is 28.8 Å². The first kappa shape index (κ1) is 22.3. The van der Waals surface area contributed by atoms with Crippen molar-refractivity contribution in [3.8, 4) is 23.7 Å². The molecule has 0 saturated heterocycles. The third-order valence-electron chi connectivity index (χ3n) is 5.40. The zero-order chi connectivity index (χ0) is 22.0. The molecule has 0 bridgehead atoms. The van der Waals surface area contributed by atoms with Gasteiger partial charge in [-0.3, -0.25) is 10.0 Å². The van der Waals surface area contributed by atoms with E-state index in [1.165, 1.54) is 23.7 Å². The molecular weight excluding hydrogens is 424 g/mol. The van der Waals surface area contributed by atoms with Crippen LogP contribution in [-0.2, 0) is 21.1 Å². The van der Waals surface area contributed by atoms with E-state index in [1.807, 2.05) is 18.2 Å². The van der Waals surface area contributed by atoms with Crippen molar-refractivity contribution in [2.75, 3.05) is 12.9 Å². The summed E-state index contributed by atoms with van der Waals surface area (Å²) in [6.07, 6.45) is 3.05. The summed E-state index contributed by atoms with van der Waals surface area (Å²) in [5.41, 5.74) is 2.74. The van der Waals surface area contributed by atoms with Crippen LogP contribution in [0.25, 0.3) is 10.2 Å². The number of carbonyl (C=O) groups is 1. The van der Waals surface area contributed by atoms with Crippen LogP contribution in [0.4, 0.5) is 0 Å². The van der Waals surface area contributed by atoms with Gasteiger partial charge in [0.15, 0.2) is 9.84 Å². The second-order valence-corrected chi connectivity index (χ2v) is 11.2. The van der Waals surface area contributed by atoms with Gasteiger partial charge in [0, 0.05) is 18.2 Å². The van der Waals surface area contributed by atoms with Crippen molar-refractivity contribution in [2.24, 2.45) is 5.41 Å². The monoisotopic (exact) mass is 446 g/mol. The minimum atomic E-state index is -3.75. The Kier molecular flexibility index (Phi) is 6.21. The number of thiazole rings is 1. The predicted octanol–water partition coefficient (Wildman–Crippen LogP) is 1.67. The summed E-state index contributed by atoms with van der Waals surface area (Å²) < 4.78 is 23.3. The van der Waals surface area contributed by atoms with Crippen molar-refractivity contribution in [1.82, 2.24) is 10.5 Å². The molecule has 7 nitrogen and oxygen atoms in total. The Hall–Kier alpha value is -2.43. The Morgan fingerprint density at radius 2 is 2.10 bits per heavy atom. The minimum Gasteiger partial charge on any atom is -0.395 e. The number of nitrogens with zero attached hydrogens (tertiary/aromatic N) is 1. The molecule has 1 aliphatic carbocycles. The van der Waals surface area contributed by atoms with Crippen LogP contribution < -0.4 is 5.48 Å². The van der Waals surface area contributed by atoms with E-state index < -0.39 is 20.5 Å². The SMILES string of the molecule is CC(CCc1nc2ccc(C#CC#CC3(CO)CC3)cc2s1)(C(=O)NO)S(C)(=O)=O. The smallest absolute Gasteiger partial charge is 0.264 e. The number of carbonyl (C=O) groups excluding carboxylic acids is 1. The van der Waals surface area contributed by atoms with E-state index in [0.717, 1.165) is 34.9 Å². The van der Waals surface area contributed by atoms with Gasteiger partial charge in [0.1, 0.15) is 4.75 Å². The van der Waals surface area contributed by atoms with Gasteiger partial charge >= 0.3 is 0 Å². The first-order valence-corrected chi connectivity index (χ1v) is 12.0. The van der Waals surface area contributed by atoms with E-state index in [1.54, 1.807) is 0 Å². The van der Waals surface area contributed by atoms with Gasteiger partial charge in [0.25, 0.3) is 5.91 Å². The average Bonchev–Trinajstić information content (AvgIpc) is 3.38. The standard InChI is InChI=1S/C21H22N2O5S2/c1-20(19(25)23-26,30(2,27)28)10-8-18-22-16-7-6-15(13-17(16)29-18)5-3-4-9-21(14-24)11-12-21/h6-7,13,24,26H,8,10-12,14H2,1-2H3,(H,23,25). The van der Waals surface area contributed by atoms with Gasteiger partial charge in [0.2, 0.25) is 0 Å². The van der Waals surface area contributed by atoms with Crippen molar-refractivity contribution in [1.29, 1.82) is 0 Å². The number of benzene rings is 1. The number of aliphatic hydroxyl groups excluding tert-OH is 1. The Labute approximate surface area is 179 Å². The van der Waals surface area contributed by atoms with E-state index in [0.29, 0.717) is 5.01 Å². The van der Waals surface area contributed by atoms with Gasteiger partial charge in [-0.25, -0.2) is 18.9 Å². The molecule has 9 heteroatoms.